The zero-order chi connectivity index (χ0) is 34.7. The third-order valence-corrected chi connectivity index (χ3v) is 18.9. The lowest BCUT2D eigenvalue weighted by Gasteiger charge is -2.67. The average Bonchev–Trinajstić information content (AvgIpc) is 3.65. The van der Waals surface area contributed by atoms with Crippen LogP contribution < -0.4 is 0 Å². The quantitative estimate of drug-likeness (QED) is 0.222. The summed E-state index contributed by atoms with van der Waals surface area (Å²) in [4.78, 5) is 14.0. The molecule has 10 aliphatic rings. The molecule has 274 valence electrons. The molecule has 50 heavy (non-hydrogen) atoms. The second-order valence-electron chi connectivity index (χ2n) is 20.7. The summed E-state index contributed by atoms with van der Waals surface area (Å²) in [6.07, 6.45) is 18.6. The molecule has 10 rings (SSSR count). The van der Waals surface area contributed by atoms with Gasteiger partial charge in [0.25, 0.3) is 0 Å². The van der Waals surface area contributed by atoms with Crippen molar-refractivity contribution in [2.24, 2.45) is 75.4 Å². The summed E-state index contributed by atoms with van der Waals surface area (Å²) in [6.45, 7) is 9.38. The number of carbonyl (C=O) groups excluding carboxylic acids is 1. The highest BCUT2D eigenvalue weighted by molar-refractivity contribution is 5.95. The first-order chi connectivity index (χ1) is 23.9. The van der Waals surface area contributed by atoms with Gasteiger partial charge in [0.15, 0.2) is 5.78 Å². The fourth-order valence-corrected chi connectivity index (χ4v) is 17.3. The second-order valence-corrected chi connectivity index (χ2v) is 20.7. The van der Waals surface area contributed by atoms with Crippen LogP contribution in [0.3, 0.4) is 0 Å². The van der Waals surface area contributed by atoms with E-state index in [0.29, 0.717) is 41.9 Å². The average molecular weight is 685 g/mol. The van der Waals surface area contributed by atoms with E-state index >= 15 is 0 Å². The first-order valence-electron chi connectivity index (χ1n) is 21.3. The molecule has 1 spiro atoms. The zero-order valence-corrected chi connectivity index (χ0v) is 31.3. The molecule has 7 saturated carbocycles. The van der Waals surface area contributed by atoms with E-state index in [9.17, 15) is 25.2 Å². The molecule has 0 aromatic carbocycles. The van der Waals surface area contributed by atoms with Crippen molar-refractivity contribution >= 4 is 5.78 Å². The van der Waals surface area contributed by atoms with E-state index in [1.54, 1.807) is 22.3 Å². The molecule has 5 heteroatoms. The van der Waals surface area contributed by atoms with Gasteiger partial charge in [-0.25, -0.2) is 0 Å². The Morgan fingerprint density at radius 1 is 0.820 bits per heavy atom. The van der Waals surface area contributed by atoms with Crippen LogP contribution in [0.5, 0.6) is 0 Å². The fraction of sp³-hybridized carbons (Fsp3) is 0.844. The van der Waals surface area contributed by atoms with Crippen LogP contribution in [0.4, 0.5) is 0 Å². The Hall–Kier alpha value is -1.27. The predicted octanol–water partition coefficient (Wildman–Crippen LogP) is 7.86. The predicted molar refractivity (Wildman–Crippen MR) is 193 cm³/mol. The zero-order valence-electron chi connectivity index (χ0n) is 31.3. The third-order valence-electron chi connectivity index (χ3n) is 18.9. The summed E-state index contributed by atoms with van der Waals surface area (Å²) < 4.78 is 0. The molecule has 5 nitrogen and oxygen atoms in total. The SMILES string of the molecule is CC(C)C1=C2CCCC3(CCCC3)C2C2=C3C(CCC2)CC(C2CCC4(O)C5=CC(=O)C6CC(O)C(O)C7CCC(CC24C)C5C67C)C(O)C13. The van der Waals surface area contributed by atoms with Gasteiger partial charge in [0.1, 0.15) is 0 Å². The van der Waals surface area contributed by atoms with Crippen molar-refractivity contribution in [2.75, 3.05) is 0 Å². The third kappa shape index (κ3) is 3.93. The maximum absolute atomic E-state index is 14.0. The fourth-order valence-electron chi connectivity index (χ4n) is 17.3. The van der Waals surface area contributed by atoms with E-state index in [1.807, 2.05) is 6.08 Å². The number of carbonyl (C=O) groups is 1. The summed E-state index contributed by atoms with van der Waals surface area (Å²) in [7, 11) is 0. The lowest BCUT2D eigenvalue weighted by Crippen LogP contribution is -2.68. The molecule has 4 N–H and O–H groups in total. The minimum atomic E-state index is -1.08. The summed E-state index contributed by atoms with van der Waals surface area (Å²) in [5.74, 6) is 2.15. The number of aliphatic hydroxyl groups is 4. The van der Waals surface area contributed by atoms with Crippen LogP contribution in [0.2, 0.25) is 0 Å². The van der Waals surface area contributed by atoms with Gasteiger partial charge in [-0.3, -0.25) is 4.79 Å². The summed E-state index contributed by atoms with van der Waals surface area (Å²) in [5, 5.41) is 48.3. The van der Waals surface area contributed by atoms with Gasteiger partial charge in [0.2, 0.25) is 0 Å². The van der Waals surface area contributed by atoms with Crippen LogP contribution in [0, 0.1) is 75.4 Å². The monoisotopic (exact) mass is 684 g/mol. The highest BCUT2D eigenvalue weighted by atomic mass is 16.3. The molecule has 7 fully saturated rings. The van der Waals surface area contributed by atoms with Gasteiger partial charge in [-0.15, -0.1) is 0 Å². The molecule has 0 saturated heterocycles. The summed E-state index contributed by atoms with van der Waals surface area (Å²) in [6, 6.07) is 0. The molecule has 0 aromatic rings. The van der Waals surface area contributed by atoms with Gasteiger partial charge in [0.05, 0.1) is 23.9 Å². The molecule has 0 radical (unpaired) electrons. The Labute approximate surface area is 300 Å². The lowest BCUT2D eigenvalue weighted by atomic mass is 9.38. The van der Waals surface area contributed by atoms with Crippen molar-refractivity contribution in [1.29, 1.82) is 0 Å². The standard InChI is InChI=1S/C45H64O5/c1-23(2)35-26-11-8-17-44(15-5-6-16-44)39(26)27-10-7-9-24-19-28(40(48)37(35)36(24)27)29-14-18-45(50)32-21-33(46)31-20-34(47)41(49)30-13-12-25(22-42(29,45)3)38(32)43(30,31)4/h21,23-25,28-31,34,37-41,47-50H,5-20,22H2,1-4H3. The van der Waals surface area contributed by atoms with Gasteiger partial charge in [-0.05, 0) is 160 Å². The number of hydrogen-bond acceptors (Lipinski definition) is 5. The van der Waals surface area contributed by atoms with Crippen molar-refractivity contribution in [2.45, 2.75) is 161 Å². The van der Waals surface area contributed by atoms with Gasteiger partial charge in [0, 0.05) is 23.2 Å². The Morgan fingerprint density at radius 3 is 2.32 bits per heavy atom. The number of ketones is 1. The normalized spacial score (nSPS) is 53.2. The second kappa shape index (κ2) is 10.9. The number of allylic oxidation sites excluding steroid dienone is 3. The highest BCUT2D eigenvalue weighted by Crippen LogP contribution is 2.74. The van der Waals surface area contributed by atoms with E-state index in [1.165, 1.54) is 64.2 Å². The minimum Gasteiger partial charge on any atom is -0.392 e. The van der Waals surface area contributed by atoms with E-state index < -0.39 is 34.7 Å². The van der Waals surface area contributed by atoms with Crippen molar-refractivity contribution in [3.63, 3.8) is 0 Å². The number of aliphatic hydroxyl groups excluding tert-OH is 3. The van der Waals surface area contributed by atoms with E-state index in [-0.39, 0.29) is 41.3 Å². The molecule has 0 aliphatic heterocycles. The Balaban J connectivity index is 1.05. The van der Waals surface area contributed by atoms with Crippen LogP contribution in [-0.2, 0) is 4.79 Å². The molecule has 10 aliphatic carbocycles. The molecular weight excluding hydrogens is 620 g/mol. The van der Waals surface area contributed by atoms with Crippen LogP contribution >= 0.6 is 0 Å². The van der Waals surface area contributed by atoms with E-state index in [4.69, 9.17) is 0 Å². The van der Waals surface area contributed by atoms with Gasteiger partial charge >= 0.3 is 0 Å². The van der Waals surface area contributed by atoms with Crippen LogP contribution in [0.25, 0.3) is 0 Å². The number of fused-ring (bicyclic) bond motifs is 5. The maximum atomic E-state index is 14.0. The molecule has 0 bridgehead atoms. The van der Waals surface area contributed by atoms with Gasteiger partial charge in [-0.1, -0.05) is 62.8 Å². The van der Waals surface area contributed by atoms with Crippen LogP contribution in [0.15, 0.2) is 33.9 Å². The lowest BCUT2D eigenvalue weighted by molar-refractivity contribution is -0.205. The highest BCUT2D eigenvalue weighted by Gasteiger charge is 2.73. The first-order valence-corrected chi connectivity index (χ1v) is 21.3. The summed E-state index contributed by atoms with van der Waals surface area (Å²) >= 11 is 0. The molecular formula is C45H64O5. The maximum Gasteiger partial charge on any atom is 0.159 e. The van der Waals surface area contributed by atoms with Crippen LogP contribution in [-0.4, -0.2) is 50.1 Å². The Morgan fingerprint density at radius 2 is 1.56 bits per heavy atom. The molecule has 0 amide bonds. The Kier molecular flexibility index (Phi) is 7.27. The topological polar surface area (TPSA) is 98.0 Å². The molecule has 15 unspecified atom stereocenters. The smallest absolute Gasteiger partial charge is 0.159 e. The summed E-state index contributed by atoms with van der Waals surface area (Å²) in [5.41, 5.74) is 6.32. The molecule has 0 heterocycles. The van der Waals surface area contributed by atoms with Crippen molar-refractivity contribution in [3.05, 3.63) is 33.9 Å². The molecule has 15 atom stereocenters. The Bertz CT molecular complexity index is 1560. The van der Waals surface area contributed by atoms with Crippen molar-refractivity contribution in [1.82, 2.24) is 0 Å². The van der Waals surface area contributed by atoms with Crippen molar-refractivity contribution < 1.29 is 25.2 Å². The largest absolute Gasteiger partial charge is 0.392 e. The number of hydrogen-bond donors (Lipinski definition) is 4. The van der Waals surface area contributed by atoms with Gasteiger partial charge in [-0.2, -0.15) is 0 Å². The molecule has 0 aromatic heterocycles. The van der Waals surface area contributed by atoms with Crippen LogP contribution in [0.1, 0.15) is 137 Å². The van der Waals surface area contributed by atoms with E-state index in [0.717, 1.165) is 37.7 Å². The minimum absolute atomic E-state index is 0.0520. The van der Waals surface area contributed by atoms with E-state index in [2.05, 4.69) is 27.7 Å². The number of rotatable bonds is 2. The van der Waals surface area contributed by atoms with Gasteiger partial charge < -0.3 is 20.4 Å². The van der Waals surface area contributed by atoms with Crippen molar-refractivity contribution in [3.8, 4) is 0 Å². The first kappa shape index (κ1) is 33.3.